The van der Waals surface area contributed by atoms with E-state index in [1.54, 1.807) is 25.7 Å². The third-order valence-corrected chi connectivity index (χ3v) is 4.37. The molecule has 1 fully saturated rings. The summed E-state index contributed by atoms with van der Waals surface area (Å²) >= 11 is 0. The zero-order valence-electron chi connectivity index (χ0n) is 15.1. The van der Waals surface area contributed by atoms with Crippen molar-refractivity contribution in [3.05, 3.63) is 34.6 Å². The van der Waals surface area contributed by atoms with Crippen molar-refractivity contribution < 1.29 is 30.7 Å². The van der Waals surface area contributed by atoms with Gasteiger partial charge in [-0.15, -0.1) is 12.4 Å². The number of benzene rings is 1. The van der Waals surface area contributed by atoms with Gasteiger partial charge in [0.1, 0.15) is 5.82 Å². The summed E-state index contributed by atoms with van der Waals surface area (Å²) in [6.45, 7) is 6.72. The van der Waals surface area contributed by atoms with Crippen LogP contribution in [0.5, 0.6) is 0 Å². The monoisotopic (exact) mass is 422 g/mol. The van der Waals surface area contributed by atoms with Gasteiger partial charge in [0.05, 0.1) is 11.1 Å². The fourth-order valence-electron chi connectivity index (χ4n) is 3.40. The van der Waals surface area contributed by atoms with Crippen LogP contribution >= 0.6 is 12.4 Å². The van der Waals surface area contributed by atoms with E-state index < -0.39 is 46.3 Å². The fourth-order valence-corrected chi connectivity index (χ4v) is 3.40. The number of hydrogen-bond donors (Lipinski definition) is 1. The lowest BCUT2D eigenvalue weighted by atomic mass is 9.78. The minimum Gasteiger partial charge on any atom is -0.314 e. The molecule has 10 heteroatoms. The summed E-state index contributed by atoms with van der Waals surface area (Å²) in [6.07, 6.45) is -10.2. The van der Waals surface area contributed by atoms with Gasteiger partial charge in [-0.25, -0.2) is 4.39 Å². The normalized spacial score (nSPS) is 18.1. The van der Waals surface area contributed by atoms with Crippen molar-refractivity contribution in [2.75, 3.05) is 26.2 Å². The van der Waals surface area contributed by atoms with E-state index in [4.69, 9.17) is 0 Å². The van der Waals surface area contributed by atoms with Gasteiger partial charge in [0.2, 0.25) is 0 Å². The SMILES string of the molecule is CC(C)(C)[C@H](c1c(F)cc(C(F)(F)F)cc1C(F)(F)F)N1CCNCC1.Cl. The van der Waals surface area contributed by atoms with Crippen molar-refractivity contribution in [2.45, 2.75) is 39.2 Å². The van der Waals surface area contributed by atoms with Crippen molar-refractivity contribution in [3.63, 3.8) is 0 Å². The van der Waals surface area contributed by atoms with Crippen LogP contribution in [-0.4, -0.2) is 31.1 Å². The Morgan fingerprint density at radius 1 is 0.926 bits per heavy atom. The van der Waals surface area contributed by atoms with Crippen LogP contribution in [-0.2, 0) is 12.4 Å². The number of halogens is 8. The number of nitrogens with one attached hydrogen (secondary N) is 1. The highest BCUT2D eigenvalue weighted by molar-refractivity contribution is 5.85. The molecule has 1 heterocycles. The third-order valence-electron chi connectivity index (χ3n) is 4.37. The van der Waals surface area contributed by atoms with Gasteiger partial charge < -0.3 is 5.32 Å². The third kappa shape index (κ3) is 5.48. The Kier molecular flexibility index (Phi) is 7.22. The molecule has 0 amide bonds. The van der Waals surface area contributed by atoms with Crippen LogP contribution in [0, 0.1) is 11.2 Å². The van der Waals surface area contributed by atoms with Crippen molar-refractivity contribution in [2.24, 2.45) is 5.41 Å². The highest BCUT2D eigenvalue weighted by Gasteiger charge is 2.45. The van der Waals surface area contributed by atoms with Crippen LogP contribution in [0.25, 0.3) is 0 Å². The number of alkyl halides is 6. The van der Waals surface area contributed by atoms with E-state index >= 15 is 0 Å². The lowest BCUT2D eigenvalue weighted by Gasteiger charge is -2.43. The van der Waals surface area contributed by atoms with Crippen LogP contribution in [0.4, 0.5) is 30.7 Å². The van der Waals surface area contributed by atoms with Crippen LogP contribution in [0.2, 0.25) is 0 Å². The van der Waals surface area contributed by atoms with Gasteiger partial charge in [-0.1, -0.05) is 20.8 Å². The molecular weight excluding hydrogens is 401 g/mol. The van der Waals surface area contributed by atoms with Gasteiger partial charge in [-0.2, -0.15) is 26.3 Å². The molecule has 1 aliphatic rings. The molecule has 156 valence electrons. The molecule has 1 aromatic rings. The summed E-state index contributed by atoms with van der Waals surface area (Å²) in [7, 11) is 0. The molecule has 1 saturated heterocycles. The first kappa shape index (κ1) is 24.0. The lowest BCUT2D eigenvalue weighted by Crippen LogP contribution is -2.49. The summed E-state index contributed by atoms with van der Waals surface area (Å²) in [6, 6.07) is -0.839. The van der Waals surface area contributed by atoms with E-state index in [9.17, 15) is 30.7 Å². The fraction of sp³-hybridized carbons (Fsp3) is 0.647. The smallest absolute Gasteiger partial charge is 0.314 e. The Hall–Kier alpha value is -1.06. The predicted molar refractivity (Wildman–Crippen MR) is 90.3 cm³/mol. The molecule has 0 aliphatic carbocycles. The molecular formula is C17H22ClF7N2. The van der Waals surface area contributed by atoms with Gasteiger partial charge in [0.25, 0.3) is 0 Å². The number of hydrogen-bond acceptors (Lipinski definition) is 2. The van der Waals surface area contributed by atoms with Crippen molar-refractivity contribution in [1.82, 2.24) is 10.2 Å². The van der Waals surface area contributed by atoms with E-state index in [-0.39, 0.29) is 24.5 Å². The average Bonchev–Trinajstić information content (AvgIpc) is 2.46. The molecule has 27 heavy (non-hydrogen) atoms. The highest BCUT2D eigenvalue weighted by Crippen LogP contribution is 2.46. The van der Waals surface area contributed by atoms with Crippen LogP contribution in [0.15, 0.2) is 12.1 Å². The second-order valence-electron chi connectivity index (χ2n) is 7.47. The van der Waals surface area contributed by atoms with Gasteiger partial charge in [0, 0.05) is 37.8 Å². The van der Waals surface area contributed by atoms with E-state index in [0.717, 1.165) is 0 Å². The number of rotatable bonds is 2. The van der Waals surface area contributed by atoms with Gasteiger partial charge in [-0.3, -0.25) is 4.90 Å². The zero-order valence-corrected chi connectivity index (χ0v) is 15.9. The quantitative estimate of drug-likeness (QED) is 0.652. The summed E-state index contributed by atoms with van der Waals surface area (Å²) in [5, 5.41) is 3.05. The summed E-state index contributed by atoms with van der Waals surface area (Å²) < 4.78 is 94.0. The number of piperazine rings is 1. The first-order valence-electron chi connectivity index (χ1n) is 8.15. The Morgan fingerprint density at radius 3 is 1.85 bits per heavy atom. The van der Waals surface area contributed by atoms with E-state index in [0.29, 0.717) is 26.2 Å². The molecule has 0 radical (unpaired) electrons. The largest absolute Gasteiger partial charge is 0.416 e. The van der Waals surface area contributed by atoms with Crippen molar-refractivity contribution in [1.29, 1.82) is 0 Å². The number of nitrogens with zero attached hydrogens (tertiary/aromatic N) is 1. The average molecular weight is 423 g/mol. The molecule has 0 unspecified atom stereocenters. The molecule has 0 aromatic heterocycles. The Labute approximate surface area is 159 Å². The lowest BCUT2D eigenvalue weighted by molar-refractivity contribution is -0.144. The molecule has 1 atom stereocenters. The summed E-state index contributed by atoms with van der Waals surface area (Å²) in [4.78, 5) is 1.69. The Balaban J connectivity index is 0.00000364. The summed E-state index contributed by atoms with van der Waals surface area (Å²) in [5.74, 6) is -1.48. The second kappa shape index (κ2) is 8.13. The van der Waals surface area contributed by atoms with E-state index in [1.807, 2.05) is 0 Å². The maximum atomic E-state index is 14.7. The first-order chi connectivity index (χ1) is 11.7. The van der Waals surface area contributed by atoms with Crippen molar-refractivity contribution >= 4 is 12.4 Å². The summed E-state index contributed by atoms with van der Waals surface area (Å²) in [5.41, 5.74) is -4.75. The Bertz CT molecular complexity index is 644. The van der Waals surface area contributed by atoms with E-state index in [2.05, 4.69) is 5.32 Å². The van der Waals surface area contributed by atoms with Gasteiger partial charge in [-0.05, 0) is 17.5 Å². The second-order valence-corrected chi connectivity index (χ2v) is 7.47. The maximum Gasteiger partial charge on any atom is 0.416 e. The molecule has 2 nitrogen and oxygen atoms in total. The minimum atomic E-state index is -5.10. The molecule has 0 bridgehead atoms. The van der Waals surface area contributed by atoms with Gasteiger partial charge >= 0.3 is 12.4 Å². The first-order valence-corrected chi connectivity index (χ1v) is 8.15. The van der Waals surface area contributed by atoms with E-state index in [1.165, 1.54) is 0 Å². The van der Waals surface area contributed by atoms with Crippen molar-refractivity contribution in [3.8, 4) is 0 Å². The Morgan fingerprint density at radius 2 is 1.44 bits per heavy atom. The highest BCUT2D eigenvalue weighted by atomic mass is 35.5. The molecule has 0 saturated carbocycles. The standard InChI is InChI=1S/C17H21F7N2.ClH/c1-15(2,3)14(26-6-4-25-5-7-26)13-11(17(22,23)24)8-10(9-12(13)18)16(19,20)21;/h8-9,14,25H,4-7H2,1-3H3;1H/t14-;/m0./s1. The zero-order chi connectivity index (χ0) is 19.9. The van der Waals surface area contributed by atoms with Gasteiger partial charge in [0.15, 0.2) is 0 Å². The molecule has 2 rings (SSSR count). The molecule has 1 N–H and O–H groups in total. The molecule has 1 aliphatic heterocycles. The van der Waals surface area contributed by atoms with Crippen LogP contribution in [0.3, 0.4) is 0 Å². The predicted octanol–water partition coefficient (Wildman–Crippen LogP) is 5.28. The van der Waals surface area contributed by atoms with Crippen LogP contribution < -0.4 is 5.32 Å². The van der Waals surface area contributed by atoms with Crippen LogP contribution in [0.1, 0.15) is 43.5 Å². The molecule has 0 spiro atoms. The maximum absolute atomic E-state index is 14.7. The minimum absolute atomic E-state index is 0. The topological polar surface area (TPSA) is 15.3 Å². The molecule has 1 aromatic carbocycles.